The predicted octanol–water partition coefficient (Wildman–Crippen LogP) is 4.05. The third-order valence-corrected chi connectivity index (χ3v) is 6.18. The van der Waals surface area contributed by atoms with E-state index in [4.69, 9.17) is 19.9 Å². The number of rotatable bonds is 3. The molecular weight excluding hydrogens is 441 g/mol. The average Bonchev–Trinajstić information content (AvgIpc) is 3.34. The van der Waals surface area contributed by atoms with Crippen molar-refractivity contribution in [3.8, 4) is 23.1 Å². The molecule has 2 atom stereocenters. The van der Waals surface area contributed by atoms with Crippen molar-refractivity contribution in [1.82, 2.24) is 9.97 Å². The fourth-order valence-corrected chi connectivity index (χ4v) is 4.39. The van der Waals surface area contributed by atoms with Crippen LogP contribution in [0, 0.1) is 24.1 Å². The SMILES string of the molecule is Cc1c(-c2cc3cc(NC(=O)OC4CCOC4)ncc3c(N)c2F)cnc2c1[C@H](C#N)CCO2. The first-order valence-electron chi connectivity index (χ1n) is 10.9. The molecular formula is C24H22FN5O4. The van der Waals surface area contributed by atoms with Gasteiger partial charge in [-0.05, 0) is 30.0 Å². The maximum atomic E-state index is 15.4. The van der Waals surface area contributed by atoms with Gasteiger partial charge in [-0.3, -0.25) is 5.32 Å². The number of hydrogen-bond acceptors (Lipinski definition) is 8. The zero-order valence-electron chi connectivity index (χ0n) is 18.4. The van der Waals surface area contributed by atoms with E-state index in [2.05, 4.69) is 21.4 Å². The highest BCUT2D eigenvalue weighted by atomic mass is 19.1. The summed E-state index contributed by atoms with van der Waals surface area (Å²) in [4.78, 5) is 20.7. The number of ether oxygens (including phenoxy) is 3. The quantitative estimate of drug-likeness (QED) is 0.556. The zero-order valence-corrected chi connectivity index (χ0v) is 18.4. The van der Waals surface area contributed by atoms with Gasteiger partial charge in [0.25, 0.3) is 0 Å². The van der Waals surface area contributed by atoms with Crippen LogP contribution in [0.15, 0.2) is 24.5 Å². The minimum atomic E-state index is -0.644. The highest BCUT2D eigenvalue weighted by Crippen LogP contribution is 2.41. The minimum Gasteiger partial charge on any atom is -0.477 e. The van der Waals surface area contributed by atoms with Crippen LogP contribution < -0.4 is 15.8 Å². The number of nitrogen functional groups attached to an aromatic ring is 1. The summed E-state index contributed by atoms with van der Waals surface area (Å²) in [6, 6.07) is 5.51. The first-order valence-corrected chi connectivity index (χ1v) is 10.9. The van der Waals surface area contributed by atoms with Crippen molar-refractivity contribution >= 4 is 28.4 Å². The van der Waals surface area contributed by atoms with Gasteiger partial charge >= 0.3 is 6.09 Å². The summed E-state index contributed by atoms with van der Waals surface area (Å²) >= 11 is 0. The molecule has 1 fully saturated rings. The number of nitrogens with one attached hydrogen (secondary N) is 1. The maximum absolute atomic E-state index is 15.4. The molecule has 0 radical (unpaired) electrons. The average molecular weight is 463 g/mol. The van der Waals surface area contributed by atoms with E-state index in [0.717, 1.165) is 0 Å². The van der Waals surface area contributed by atoms with E-state index in [-0.39, 0.29) is 29.1 Å². The molecule has 34 heavy (non-hydrogen) atoms. The fraction of sp³-hybridized carbons (Fsp3) is 0.333. The van der Waals surface area contributed by atoms with E-state index in [1.807, 2.05) is 6.92 Å². The third-order valence-electron chi connectivity index (χ3n) is 6.18. The number of anilines is 2. The molecule has 3 aromatic rings. The normalized spacial score (nSPS) is 19.2. The Balaban J connectivity index is 1.53. The van der Waals surface area contributed by atoms with Crippen LogP contribution in [0.25, 0.3) is 21.9 Å². The van der Waals surface area contributed by atoms with Crippen LogP contribution in [0.1, 0.15) is 29.9 Å². The molecule has 1 saturated heterocycles. The molecule has 9 nitrogen and oxygen atoms in total. The molecule has 0 spiro atoms. The Bertz CT molecular complexity index is 1330. The summed E-state index contributed by atoms with van der Waals surface area (Å²) in [5.41, 5.74) is 8.19. The predicted molar refractivity (Wildman–Crippen MR) is 122 cm³/mol. The summed E-state index contributed by atoms with van der Waals surface area (Å²) in [6.45, 7) is 3.14. The van der Waals surface area contributed by atoms with Crippen LogP contribution in [-0.4, -0.2) is 42.0 Å². The smallest absolute Gasteiger partial charge is 0.413 e. The maximum Gasteiger partial charge on any atom is 0.413 e. The van der Waals surface area contributed by atoms with E-state index < -0.39 is 11.9 Å². The van der Waals surface area contributed by atoms with Crippen LogP contribution in [0.3, 0.4) is 0 Å². The van der Waals surface area contributed by atoms with Crippen LogP contribution in [0.4, 0.5) is 20.7 Å². The van der Waals surface area contributed by atoms with E-state index in [9.17, 15) is 10.1 Å². The Hall–Kier alpha value is -3.97. The fourth-order valence-electron chi connectivity index (χ4n) is 4.39. The lowest BCUT2D eigenvalue weighted by molar-refractivity contribution is 0.0931. The Morgan fingerprint density at radius 3 is 2.88 bits per heavy atom. The monoisotopic (exact) mass is 463 g/mol. The summed E-state index contributed by atoms with van der Waals surface area (Å²) in [5.74, 6) is -0.347. The Labute approximate surface area is 194 Å². The standard InChI is InChI=1S/C24H22FN5O4/c1-12-17(9-29-23-20(12)13(8-26)2-5-33-23)16-6-14-7-19(28-10-18(14)22(27)21(16)25)30-24(31)34-15-3-4-32-11-15/h6-7,9-10,13,15H,2-5,11,27H2,1H3,(H,28,30,31)/t13-,15?/m0/s1. The topological polar surface area (TPSA) is 132 Å². The summed E-state index contributed by atoms with van der Waals surface area (Å²) in [7, 11) is 0. The Morgan fingerprint density at radius 2 is 2.12 bits per heavy atom. The molecule has 1 unspecified atom stereocenters. The van der Waals surface area contributed by atoms with Crippen LogP contribution in [-0.2, 0) is 9.47 Å². The number of halogens is 1. The number of nitrogens with two attached hydrogens (primary N) is 1. The van der Waals surface area contributed by atoms with Crippen molar-refractivity contribution in [2.24, 2.45) is 0 Å². The van der Waals surface area contributed by atoms with Crippen molar-refractivity contribution in [2.45, 2.75) is 31.8 Å². The van der Waals surface area contributed by atoms with Gasteiger partial charge in [-0.1, -0.05) is 0 Å². The van der Waals surface area contributed by atoms with Gasteiger partial charge in [-0.2, -0.15) is 5.26 Å². The molecule has 0 saturated carbocycles. The Morgan fingerprint density at radius 1 is 1.26 bits per heavy atom. The van der Waals surface area contributed by atoms with Gasteiger partial charge in [0.1, 0.15) is 11.9 Å². The van der Waals surface area contributed by atoms with Crippen molar-refractivity contribution in [3.63, 3.8) is 0 Å². The molecule has 2 aliphatic rings. The van der Waals surface area contributed by atoms with Crippen LogP contribution >= 0.6 is 0 Å². The third kappa shape index (κ3) is 3.84. The largest absolute Gasteiger partial charge is 0.477 e. The minimum absolute atomic E-state index is 0.0672. The van der Waals surface area contributed by atoms with Gasteiger partial charge in [0.05, 0.1) is 37.5 Å². The number of carbonyl (C=O) groups excluding carboxylic acids is 1. The molecule has 3 N–H and O–H groups in total. The van der Waals surface area contributed by atoms with E-state index >= 15 is 4.39 Å². The summed E-state index contributed by atoms with van der Waals surface area (Å²) < 4.78 is 31.5. The Kier molecular flexibility index (Phi) is 5.63. The molecule has 4 heterocycles. The first-order chi connectivity index (χ1) is 16.5. The van der Waals surface area contributed by atoms with Crippen molar-refractivity contribution in [1.29, 1.82) is 5.26 Å². The van der Waals surface area contributed by atoms with Crippen molar-refractivity contribution in [3.05, 3.63) is 41.5 Å². The van der Waals surface area contributed by atoms with Gasteiger partial charge in [-0.25, -0.2) is 19.2 Å². The van der Waals surface area contributed by atoms with Crippen LogP contribution in [0.5, 0.6) is 5.88 Å². The number of aromatic nitrogens is 2. The number of benzene rings is 1. The van der Waals surface area contributed by atoms with Gasteiger partial charge in [-0.15, -0.1) is 0 Å². The molecule has 0 aliphatic carbocycles. The number of fused-ring (bicyclic) bond motifs is 2. The molecule has 1 aromatic carbocycles. The van der Waals surface area contributed by atoms with Gasteiger partial charge in [0, 0.05) is 47.3 Å². The van der Waals surface area contributed by atoms with Gasteiger partial charge in [0.2, 0.25) is 5.88 Å². The molecule has 0 bridgehead atoms. The lowest BCUT2D eigenvalue weighted by atomic mass is 9.88. The number of amides is 1. The van der Waals surface area contributed by atoms with E-state index in [1.54, 1.807) is 12.1 Å². The van der Waals surface area contributed by atoms with Gasteiger partial charge < -0.3 is 19.9 Å². The highest BCUT2D eigenvalue weighted by Gasteiger charge is 2.27. The second-order valence-electron chi connectivity index (χ2n) is 8.29. The number of pyridine rings is 2. The number of nitrogens with zero attached hydrogens (tertiary/aromatic N) is 3. The second kappa shape index (κ2) is 8.76. The van der Waals surface area contributed by atoms with Gasteiger partial charge in [0.15, 0.2) is 5.82 Å². The van der Waals surface area contributed by atoms with E-state index in [0.29, 0.717) is 66.0 Å². The zero-order chi connectivity index (χ0) is 23.8. The van der Waals surface area contributed by atoms with Crippen molar-refractivity contribution in [2.75, 3.05) is 30.9 Å². The van der Waals surface area contributed by atoms with Crippen molar-refractivity contribution < 1.29 is 23.4 Å². The highest BCUT2D eigenvalue weighted by molar-refractivity contribution is 5.99. The molecule has 2 aromatic heterocycles. The first kappa shape index (κ1) is 21.9. The molecule has 1 amide bonds. The van der Waals surface area contributed by atoms with E-state index in [1.165, 1.54) is 12.4 Å². The molecule has 5 rings (SSSR count). The molecule has 2 aliphatic heterocycles. The van der Waals surface area contributed by atoms with Crippen LogP contribution in [0.2, 0.25) is 0 Å². The lowest BCUT2D eigenvalue weighted by Crippen LogP contribution is -2.22. The summed E-state index contributed by atoms with van der Waals surface area (Å²) in [6.07, 6.45) is 3.18. The second-order valence-corrected chi connectivity index (χ2v) is 8.29. The number of carbonyl (C=O) groups is 1. The number of hydrogen-bond donors (Lipinski definition) is 2. The molecule has 174 valence electrons. The molecule has 10 heteroatoms. The lowest BCUT2D eigenvalue weighted by Gasteiger charge is -2.24. The summed E-state index contributed by atoms with van der Waals surface area (Å²) in [5, 5.41) is 13.1. The number of nitriles is 1.